The molecule has 0 atom stereocenters. The maximum absolute atomic E-state index is 8.74. The van der Waals surface area contributed by atoms with Crippen LogP contribution in [0.25, 0.3) is 0 Å². The first-order valence-corrected chi connectivity index (χ1v) is 6.97. The monoisotopic (exact) mass is 290 g/mol. The summed E-state index contributed by atoms with van der Waals surface area (Å²) in [5.74, 6) is 0.612. The molecule has 0 aliphatic carbocycles. The summed E-state index contributed by atoms with van der Waals surface area (Å²) in [5.41, 5.74) is 1.18. The second-order valence-corrected chi connectivity index (χ2v) is 3.58. The van der Waals surface area contributed by atoms with E-state index in [1.807, 2.05) is 30.3 Å². The molecule has 0 heterocycles. The third-order valence-corrected chi connectivity index (χ3v) is 1.31. The Morgan fingerprint density at radius 3 is 1.44 bits per heavy atom. The molecule has 0 bridgehead atoms. The van der Waals surface area contributed by atoms with Gasteiger partial charge in [0, 0.05) is 5.88 Å². The summed E-state index contributed by atoms with van der Waals surface area (Å²) in [6, 6.07) is 9.96. The number of benzene rings is 1. The minimum atomic E-state index is -3.13. The molecule has 4 N–H and O–H groups in total. The number of hydrogen-bond acceptors (Lipinski definition) is 2. The van der Waals surface area contributed by atoms with Gasteiger partial charge in [0.2, 0.25) is 0 Å². The van der Waals surface area contributed by atoms with Gasteiger partial charge in [-0.2, -0.15) is 0 Å². The van der Waals surface area contributed by atoms with Gasteiger partial charge in [0.05, 0.1) is 0 Å². The molecule has 0 saturated heterocycles. The summed E-state index contributed by atoms with van der Waals surface area (Å²) < 4.78 is 17.5. The van der Waals surface area contributed by atoms with Crippen LogP contribution in [0.4, 0.5) is 0 Å². The van der Waals surface area contributed by atoms with Crippen molar-refractivity contribution in [1.29, 1.82) is 0 Å². The lowest BCUT2D eigenvalue weighted by Crippen LogP contribution is -1.71. The lowest BCUT2D eigenvalue weighted by molar-refractivity contribution is 0.403. The molecular weight excluding hydrogens is 277 g/mol. The first kappa shape index (κ1) is 18.2. The smallest absolute Gasteiger partial charge is 0.314 e. The lowest BCUT2D eigenvalue weighted by Gasteiger charge is -1.88. The van der Waals surface area contributed by atoms with Crippen LogP contribution in [0.5, 0.6) is 0 Å². The van der Waals surface area contributed by atoms with Gasteiger partial charge in [-0.25, -0.2) is 0 Å². The van der Waals surface area contributed by atoms with E-state index in [1.54, 1.807) is 0 Å². The zero-order valence-electron chi connectivity index (χ0n) is 8.08. The third kappa shape index (κ3) is 23.5. The maximum atomic E-state index is 8.74. The zero-order valence-corrected chi connectivity index (χ0v) is 10.8. The van der Waals surface area contributed by atoms with Crippen molar-refractivity contribution in [2.45, 2.75) is 5.88 Å². The van der Waals surface area contributed by atoms with Crippen LogP contribution >= 0.6 is 28.1 Å². The Morgan fingerprint density at radius 2 is 1.25 bits per heavy atom. The fourth-order valence-corrected chi connectivity index (χ4v) is 0.745. The van der Waals surface area contributed by atoms with E-state index < -0.39 is 16.5 Å². The van der Waals surface area contributed by atoms with Gasteiger partial charge in [-0.15, -0.1) is 11.6 Å². The predicted molar refractivity (Wildman–Crippen MR) is 62.9 cm³/mol. The number of alkyl halides is 1. The molecule has 9 heteroatoms. The van der Waals surface area contributed by atoms with E-state index in [-0.39, 0.29) is 0 Å². The second-order valence-electron chi connectivity index (χ2n) is 2.18. The molecule has 0 radical (unpaired) electrons. The van der Waals surface area contributed by atoms with E-state index in [0.717, 1.165) is 0 Å². The highest BCUT2D eigenvalue weighted by Gasteiger charge is 1.81. The molecule has 6 nitrogen and oxygen atoms in total. The van der Waals surface area contributed by atoms with Crippen LogP contribution in [-0.2, 0) is 15.0 Å². The van der Waals surface area contributed by atoms with Gasteiger partial charge in [-0.05, 0) is 5.56 Å². The van der Waals surface area contributed by atoms with E-state index in [2.05, 4.69) is 0 Å². The van der Waals surface area contributed by atoms with Crippen LogP contribution in [0.15, 0.2) is 30.3 Å². The standard InChI is InChI=1S/C7H7Cl.2H3O3P/c8-6-7-4-2-1-3-5-7;2*1-4(2)3/h1-5H,6H2;2*4H,(H2,1,2,3). The molecule has 0 aromatic heterocycles. The van der Waals surface area contributed by atoms with Gasteiger partial charge >= 0.3 is 16.5 Å². The maximum Gasteiger partial charge on any atom is 0.314 e. The van der Waals surface area contributed by atoms with Crippen LogP contribution in [0.3, 0.4) is 0 Å². The molecule has 0 saturated carbocycles. The first-order valence-electron chi connectivity index (χ1n) is 3.83. The van der Waals surface area contributed by atoms with E-state index in [1.165, 1.54) is 5.56 Å². The Hall–Kier alpha value is -0.190. The topological polar surface area (TPSA) is 115 Å². The van der Waals surface area contributed by atoms with E-state index in [9.17, 15) is 0 Å². The highest BCUT2D eigenvalue weighted by Crippen LogP contribution is 2.00. The van der Waals surface area contributed by atoms with Gasteiger partial charge in [-0.1, -0.05) is 30.3 Å². The van der Waals surface area contributed by atoms with Crippen molar-refractivity contribution >= 4 is 28.1 Å². The molecule has 1 aromatic rings. The molecule has 0 aliphatic rings. The molecule has 1 aromatic carbocycles. The summed E-state index contributed by atoms with van der Waals surface area (Å²) >= 11 is 5.53. The summed E-state index contributed by atoms with van der Waals surface area (Å²) in [4.78, 5) is 28.6. The van der Waals surface area contributed by atoms with Crippen molar-refractivity contribution in [2.24, 2.45) is 0 Å². The number of rotatable bonds is 1. The fraction of sp³-hybridized carbons (Fsp3) is 0.143. The van der Waals surface area contributed by atoms with Crippen LogP contribution in [0.2, 0.25) is 0 Å². The van der Waals surface area contributed by atoms with Gasteiger partial charge in [-0.3, -0.25) is 9.13 Å². The van der Waals surface area contributed by atoms with Gasteiger partial charge in [0.25, 0.3) is 0 Å². The van der Waals surface area contributed by atoms with Crippen molar-refractivity contribution < 1.29 is 28.7 Å². The minimum Gasteiger partial charge on any atom is -0.326 e. The first-order chi connectivity index (χ1) is 7.40. The molecule has 0 spiro atoms. The number of hydrogen-bond donors (Lipinski definition) is 4. The van der Waals surface area contributed by atoms with Crippen molar-refractivity contribution in [1.82, 2.24) is 0 Å². The quantitative estimate of drug-likeness (QED) is 0.455. The van der Waals surface area contributed by atoms with Gasteiger partial charge in [0.15, 0.2) is 0 Å². The summed E-state index contributed by atoms with van der Waals surface area (Å²) in [7, 11) is -6.26. The van der Waals surface area contributed by atoms with E-state index in [0.29, 0.717) is 5.88 Å². The summed E-state index contributed by atoms with van der Waals surface area (Å²) in [6.07, 6.45) is 0. The molecule has 16 heavy (non-hydrogen) atoms. The van der Waals surface area contributed by atoms with Gasteiger partial charge in [0.1, 0.15) is 0 Å². The Balaban J connectivity index is 0. The SMILES string of the molecule is ClCc1ccccc1.O=[PH](O)O.O=[PH](O)O. The fourth-order valence-electron chi connectivity index (χ4n) is 0.567. The largest absolute Gasteiger partial charge is 0.326 e. The van der Waals surface area contributed by atoms with Crippen molar-refractivity contribution in [3.05, 3.63) is 35.9 Å². The van der Waals surface area contributed by atoms with Crippen molar-refractivity contribution in [3.63, 3.8) is 0 Å². The lowest BCUT2D eigenvalue weighted by atomic mass is 10.2. The highest BCUT2D eigenvalue weighted by atomic mass is 35.5. The van der Waals surface area contributed by atoms with Crippen LogP contribution in [0.1, 0.15) is 5.56 Å². The van der Waals surface area contributed by atoms with E-state index >= 15 is 0 Å². The average molecular weight is 291 g/mol. The molecule has 94 valence electrons. The summed E-state index contributed by atoms with van der Waals surface area (Å²) in [5, 5.41) is 0. The molecule has 0 aliphatic heterocycles. The molecular formula is C7H13ClO6P2. The second kappa shape index (κ2) is 12.9. The molecule has 1 rings (SSSR count). The van der Waals surface area contributed by atoms with Crippen LogP contribution in [0, 0.1) is 0 Å². The van der Waals surface area contributed by atoms with Crippen molar-refractivity contribution in [2.75, 3.05) is 0 Å². The molecule has 0 unspecified atom stereocenters. The Morgan fingerprint density at radius 1 is 0.938 bits per heavy atom. The predicted octanol–water partition coefficient (Wildman–Crippen LogP) is 1.15. The normalized spacial score (nSPS) is 8.94. The highest BCUT2D eigenvalue weighted by molar-refractivity contribution is 7.31. The third-order valence-electron chi connectivity index (χ3n) is 0.997. The number of halogens is 1. The Kier molecular flexibility index (Phi) is 14.6. The average Bonchev–Trinajstić information content (AvgIpc) is 2.17. The van der Waals surface area contributed by atoms with Gasteiger partial charge < -0.3 is 19.6 Å². The minimum absolute atomic E-state index is 0.612. The summed E-state index contributed by atoms with van der Waals surface area (Å²) in [6.45, 7) is 0. The Labute approximate surface area is 99.0 Å². The molecule has 0 amide bonds. The molecule has 0 fully saturated rings. The zero-order chi connectivity index (χ0) is 13.0. The Bertz CT molecular complexity index is 287. The van der Waals surface area contributed by atoms with E-state index in [4.69, 9.17) is 40.3 Å². The van der Waals surface area contributed by atoms with Crippen molar-refractivity contribution in [3.8, 4) is 0 Å². The van der Waals surface area contributed by atoms with Crippen LogP contribution in [-0.4, -0.2) is 19.6 Å². The van der Waals surface area contributed by atoms with Crippen LogP contribution < -0.4 is 0 Å².